The fourth-order valence-electron chi connectivity index (χ4n) is 4.28. The second-order valence-electron chi connectivity index (χ2n) is 9.15. The van der Waals surface area contributed by atoms with Gasteiger partial charge in [-0.1, -0.05) is 38.3 Å². The summed E-state index contributed by atoms with van der Waals surface area (Å²) < 4.78 is 7.02. The maximum Gasteiger partial charge on any atom is 0.247 e. The van der Waals surface area contributed by atoms with Gasteiger partial charge < -0.3 is 30.0 Å². The number of hydrogen-bond donors (Lipinski definition) is 3. The first-order valence-electron chi connectivity index (χ1n) is 12.8. The molecule has 36 heavy (non-hydrogen) atoms. The molecule has 0 heterocycles. The monoisotopic (exact) mass is 614 g/mol. The Morgan fingerprint density at radius 1 is 1.14 bits per heavy atom. The molecule has 200 valence electrons. The van der Waals surface area contributed by atoms with E-state index in [0.717, 1.165) is 29.3 Å². The van der Waals surface area contributed by atoms with Crippen LogP contribution in [0.4, 0.5) is 0 Å². The number of carbonyl (C=O) groups excluding carboxylic acids is 3. The van der Waals surface area contributed by atoms with E-state index in [9.17, 15) is 19.5 Å². The molecule has 2 amide bonds. The quantitative estimate of drug-likeness (QED) is 0.206. The van der Waals surface area contributed by atoms with Gasteiger partial charge in [0.05, 0.1) is 16.2 Å². The van der Waals surface area contributed by atoms with Gasteiger partial charge in [0.2, 0.25) is 11.8 Å². The Morgan fingerprint density at radius 3 is 2.56 bits per heavy atom. The van der Waals surface area contributed by atoms with E-state index >= 15 is 0 Å². The van der Waals surface area contributed by atoms with E-state index in [0.29, 0.717) is 30.7 Å². The second-order valence-corrected chi connectivity index (χ2v) is 10.3. The third-order valence-corrected chi connectivity index (χ3v) is 7.10. The maximum atomic E-state index is 13.3. The molecular weight excluding hydrogens is 575 g/mol. The van der Waals surface area contributed by atoms with Crippen molar-refractivity contribution in [3.8, 4) is 5.75 Å². The minimum Gasteiger partial charge on any atom is -0.482 e. The molecule has 0 radical (unpaired) electrons. The normalized spacial score (nSPS) is 19.4. The number of aliphatic hydroxyl groups is 2. The summed E-state index contributed by atoms with van der Waals surface area (Å²) in [5, 5.41) is 23.2. The minimum atomic E-state index is -1.04. The molecule has 1 aliphatic rings. The Kier molecular flexibility index (Phi) is 13.4. The summed E-state index contributed by atoms with van der Waals surface area (Å²) in [6, 6.07) is 6.76. The smallest absolute Gasteiger partial charge is 0.247 e. The number of aliphatic hydroxyl groups excluding tert-OH is 2. The van der Waals surface area contributed by atoms with Crippen molar-refractivity contribution in [1.29, 1.82) is 0 Å². The highest BCUT2D eigenvalue weighted by Crippen LogP contribution is 2.30. The van der Waals surface area contributed by atoms with Gasteiger partial charge in [0, 0.05) is 37.9 Å². The Balaban J connectivity index is 2.33. The van der Waals surface area contributed by atoms with Crippen LogP contribution in [0.5, 0.6) is 5.75 Å². The first-order chi connectivity index (χ1) is 17.3. The highest BCUT2D eigenvalue weighted by Gasteiger charge is 2.40. The van der Waals surface area contributed by atoms with Crippen LogP contribution in [-0.4, -0.2) is 70.7 Å². The fraction of sp³-hybridized carbons (Fsp3) is 0.593. The summed E-state index contributed by atoms with van der Waals surface area (Å²) in [5.41, 5.74) is 0.407. The van der Waals surface area contributed by atoms with Crippen molar-refractivity contribution in [2.24, 2.45) is 0 Å². The standard InChI is InChI=1S/C27H39IN2O6/c1-3-4-5-8-15-30(25(33)13-9-10-19(2)32)22-17-20(27(35)29-14-16-31)18-24(26(22)34)36-23-12-7-6-11-21(23)28/h6-7,11-12,18,22,24,26,31,34H,3-5,8-10,13-17H2,1-2H3,(H,29,35)/t22-,24+,26+/m1/s1. The van der Waals surface area contributed by atoms with E-state index in [4.69, 9.17) is 9.84 Å². The number of para-hydroxylation sites is 1. The zero-order valence-electron chi connectivity index (χ0n) is 21.2. The Hall–Kier alpha value is -1.98. The van der Waals surface area contributed by atoms with Gasteiger partial charge >= 0.3 is 0 Å². The van der Waals surface area contributed by atoms with Crippen LogP contribution >= 0.6 is 22.6 Å². The lowest BCUT2D eigenvalue weighted by molar-refractivity contribution is -0.138. The number of carbonyl (C=O) groups is 3. The lowest BCUT2D eigenvalue weighted by atomic mass is 9.87. The van der Waals surface area contributed by atoms with Gasteiger partial charge in [-0.2, -0.15) is 0 Å². The van der Waals surface area contributed by atoms with Crippen LogP contribution in [0.25, 0.3) is 0 Å². The van der Waals surface area contributed by atoms with Gasteiger partial charge in [-0.15, -0.1) is 0 Å². The molecule has 2 rings (SSSR count). The van der Waals surface area contributed by atoms with Crippen molar-refractivity contribution in [2.45, 2.75) is 83.5 Å². The molecule has 0 saturated carbocycles. The number of nitrogens with one attached hydrogen (secondary N) is 1. The Labute approximate surface area is 227 Å². The molecule has 0 saturated heterocycles. The number of unbranched alkanes of at least 4 members (excludes halogenated alkanes) is 3. The van der Waals surface area contributed by atoms with E-state index in [1.165, 1.54) is 6.92 Å². The molecule has 0 unspecified atom stereocenters. The number of amides is 2. The summed E-state index contributed by atoms with van der Waals surface area (Å²) in [7, 11) is 0. The summed E-state index contributed by atoms with van der Waals surface area (Å²) in [4.78, 5) is 39.2. The molecular formula is C27H39IN2O6. The Bertz CT molecular complexity index is 906. The third-order valence-electron chi connectivity index (χ3n) is 6.21. The van der Waals surface area contributed by atoms with Gasteiger partial charge in [-0.05, 0) is 60.6 Å². The number of halogens is 1. The molecule has 0 aromatic heterocycles. The third kappa shape index (κ3) is 9.48. The molecule has 0 aliphatic heterocycles. The minimum absolute atomic E-state index is 0.0340. The van der Waals surface area contributed by atoms with Gasteiger partial charge in [0.25, 0.3) is 0 Å². The number of Topliss-reactive ketones (excluding diaryl/α,β-unsaturated/α-hetero) is 1. The van der Waals surface area contributed by atoms with E-state index in [-0.39, 0.29) is 43.6 Å². The van der Waals surface area contributed by atoms with Crippen molar-refractivity contribution in [2.75, 3.05) is 19.7 Å². The lowest BCUT2D eigenvalue weighted by Crippen LogP contribution is -2.55. The van der Waals surface area contributed by atoms with Crippen LogP contribution in [0.2, 0.25) is 0 Å². The van der Waals surface area contributed by atoms with Gasteiger partial charge in [-0.25, -0.2) is 0 Å². The first kappa shape index (κ1) is 30.2. The second kappa shape index (κ2) is 16.0. The lowest BCUT2D eigenvalue weighted by Gasteiger charge is -2.40. The van der Waals surface area contributed by atoms with Crippen molar-refractivity contribution in [3.63, 3.8) is 0 Å². The van der Waals surface area contributed by atoms with Crippen LogP contribution < -0.4 is 10.1 Å². The van der Waals surface area contributed by atoms with Crippen LogP contribution in [0, 0.1) is 3.57 Å². The van der Waals surface area contributed by atoms with Crippen LogP contribution in [0.15, 0.2) is 35.9 Å². The Morgan fingerprint density at radius 2 is 1.89 bits per heavy atom. The summed E-state index contributed by atoms with van der Waals surface area (Å²) in [6.45, 7) is 4.00. The highest BCUT2D eigenvalue weighted by molar-refractivity contribution is 14.1. The molecule has 3 N–H and O–H groups in total. The van der Waals surface area contributed by atoms with Crippen LogP contribution in [0.1, 0.15) is 65.2 Å². The zero-order chi connectivity index (χ0) is 26.5. The number of benzene rings is 1. The van der Waals surface area contributed by atoms with Gasteiger partial charge in [0.15, 0.2) is 0 Å². The van der Waals surface area contributed by atoms with Crippen LogP contribution in [0.3, 0.4) is 0 Å². The molecule has 1 aromatic rings. The van der Waals surface area contributed by atoms with Gasteiger partial charge in [-0.3, -0.25) is 9.59 Å². The average molecular weight is 615 g/mol. The predicted molar refractivity (Wildman–Crippen MR) is 147 cm³/mol. The topological polar surface area (TPSA) is 116 Å². The number of rotatable bonds is 15. The van der Waals surface area contributed by atoms with E-state index in [1.807, 2.05) is 18.2 Å². The highest BCUT2D eigenvalue weighted by atomic mass is 127. The largest absolute Gasteiger partial charge is 0.482 e. The van der Waals surface area contributed by atoms with E-state index in [1.54, 1.807) is 17.0 Å². The SMILES string of the molecule is CCCCCCN(C(=O)CCCC(C)=O)[C@@H]1CC(C(=O)NCCO)=C[C@H](Oc2ccccc2I)[C@H]1O. The molecule has 0 fully saturated rings. The van der Waals surface area contributed by atoms with E-state index in [2.05, 4.69) is 34.8 Å². The first-order valence-corrected chi connectivity index (χ1v) is 13.8. The number of ketones is 1. The van der Waals surface area contributed by atoms with Gasteiger partial charge in [0.1, 0.15) is 23.7 Å². The van der Waals surface area contributed by atoms with Crippen molar-refractivity contribution < 1.29 is 29.3 Å². The number of nitrogens with zero attached hydrogens (tertiary/aromatic N) is 1. The molecule has 1 aromatic carbocycles. The molecule has 9 heteroatoms. The fourth-order valence-corrected chi connectivity index (χ4v) is 4.80. The zero-order valence-corrected chi connectivity index (χ0v) is 23.4. The van der Waals surface area contributed by atoms with Crippen molar-refractivity contribution >= 4 is 40.2 Å². The average Bonchev–Trinajstić information content (AvgIpc) is 2.85. The summed E-state index contributed by atoms with van der Waals surface area (Å²) in [5.74, 6) is 0.122. The maximum absolute atomic E-state index is 13.3. The molecule has 3 atom stereocenters. The number of hydrogen-bond acceptors (Lipinski definition) is 6. The van der Waals surface area contributed by atoms with Crippen LogP contribution in [-0.2, 0) is 14.4 Å². The summed E-state index contributed by atoms with van der Waals surface area (Å²) >= 11 is 2.15. The van der Waals surface area contributed by atoms with Crippen molar-refractivity contribution in [3.05, 3.63) is 39.5 Å². The molecule has 0 spiro atoms. The summed E-state index contributed by atoms with van der Waals surface area (Å²) in [6.07, 6.45) is 4.74. The number of ether oxygens (including phenoxy) is 1. The molecule has 8 nitrogen and oxygen atoms in total. The van der Waals surface area contributed by atoms with E-state index < -0.39 is 18.2 Å². The predicted octanol–water partition coefficient (Wildman–Crippen LogP) is 3.37. The molecule has 0 bridgehead atoms. The van der Waals surface area contributed by atoms with Crippen molar-refractivity contribution in [1.82, 2.24) is 10.2 Å². The molecule has 1 aliphatic carbocycles.